The Morgan fingerprint density at radius 1 is 1.22 bits per heavy atom. The van der Waals surface area contributed by atoms with E-state index in [2.05, 4.69) is 6.92 Å². The minimum atomic E-state index is -3.36. The molecule has 0 aliphatic rings. The molecule has 0 unspecified atom stereocenters. The van der Waals surface area contributed by atoms with Gasteiger partial charge in [0.05, 0.1) is 16.2 Å². The number of carboxylic acid groups (broad SMARTS) is 1. The third-order valence-corrected chi connectivity index (χ3v) is 4.51. The van der Waals surface area contributed by atoms with Crippen LogP contribution < -0.4 is 0 Å². The molecule has 1 N–H and O–H groups in total. The molecule has 0 fully saturated rings. The Balaban J connectivity index is 2.78. The fourth-order valence-corrected chi connectivity index (χ4v) is 3.07. The van der Waals surface area contributed by atoms with Gasteiger partial charge in [-0.05, 0) is 24.6 Å². The van der Waals surface area contributed by atoms with Crippen molar-refractivity contribution in [3.05, 3.63) is 29.8 Å². The maximum Gasteiger partial charge on any atom is 0.335 e. The van der Waals surface area contributed by atoms with Gasteiger partial charge in [0, 0.05) is 0 Å². The highest BCUT2D eigenvalue weighted by Crippen LogP contribution is 2.15. The van der Waals surface area contributed by atoms with E-state index < -0.39 is 15.8 Å². The van der Waals surface area contributed by atoms with Crippen molar-refractivity contribution < 1.29 is 18.3 Å². The maximum absolute atomic E-state index is 12.0. The van der Waals surface area contributed by atoms with Crippen LogP contribution in [-0.2, 0) is 9.84 Å². The minimum Gasteiger partial charge on any atom is -0.478 e. The first-order valence-electron chi connectivity index (χ1n) is 6.03. The summed E-state index contributed by atoms with van der Waals surface area (Å²) in [5.41, 5.74) is 0.00429. The molecule has 5 heteroatoms. The van der Waals surface area contributed by atoms with Crippen molar-refractivity contribution in [3.8, 4) is 0 Å². The van der Waals surface area contributed by atoms with Crippen molar-refractivity contribution in [1.82, 2.24) is 0 Å². The number of benzene rings is 1. The van der Waals surface area contributed by atoms with Crippen molar-refractivity contribution in [2.75, 3.05) is 5.75 Å². The van der Waals surface area contributed by atoms with Crippen molar-refractivity contribution in [2.45, 2.75) is 37.5 Å². The first-order valence-corrected chi connectivity index (χ1v) is 7.68. The maximum atomic E-state index is 12.0. The Morgan fingerprint density at radius 2 is 1.94 bits per heavy atom. The zero-order chi connectivity index (χ0) is 13.6. The number of hydrogen-bond acceptors (Lipinski definition) is 3. The summed E-state index contributed by atoms with van der Waals surface area (Å²) in [7, 11) is -3.36. The number of rotatable bonds is 7. The average Bonchev–Trinajstić information content (AvgIpc) is 2.35. The second-order valence-electron chi connectivity index (χ2n) is 4.21. The predicted octanol–water partition coefficient (Wildman–Crippen LogP) is 2.74. The van der Waals surface area contributed by atoms with Gasteiger partial charge in [0.2, 0.25) is 0 Å². The summed E-state index contributed by atoms with van der Waals surface area (Å²) in [6, 6.07) is 5.51. The van der Waals surface area contributed by atoms with Gasteiger partial charge < -0.3 is 5.11 Å². The molecule has 1 aromatic rings. The normalized spacial score (nSPS) is 11.4. The number of sulfone groups is 1. The predicted molar refractivity (Wildman–Crippen MR) is 69.6 cm³/mol. The summed E-state index contributed by atoms with van der Waals surface area (Å²) in [6.45, 7) is 2.06. The Hall–Kier alpha value is -1.36. The molecular weight excluding hydrogens is 252 g/mol. The Labute approximate surface area is 108 Å². The number of carbonyl (C=O) groups is 1. The molecule has 0 saturated carbocycles. The van der Waals surface area contributed by atoms with E-state index in [0.29, 0.717) is 6.42 Å². The highest BCUT2D eigenvalue weighted by molar-refractivity contribution is 7.91. The number of aromatic carboxylic acids is 1. The summed E-state index contributed by atoms with van der Waals surface area (Å²) < 4.78 is 24.0. The molecule has 18 heavy (non-hydrogen) atoms. The molecule has 0 saturated heterocycles. The zero-order valence-electron chi connectivity index (χ0n) is 10.4. The van der Waals surface area contributed by atoms with Gasteiger partial charge in [0.15, 0.2) is 9.84 Å². The lowest BCUT2D eigenvalue weighted by Gasteiger charge is -2.05. The number of unbranched alkanes of at least 4 members (excludes halogenated alkanes) is 3. The van der Waals surface area contributed by atoms with E-state index in [1.54, 1.807) is 0 Å². The van der Waals surface area contributed by atoms with Crippen molar-refractivity contribution in [2.24, 2.45) is 0 Å². The van der Waals surface area contributed by atoms with Crippen LogP contribution in [0.3, 0.4) is 0 Å². The zero-order valence-corrected chi connectivity index (χ0v) is 11.2. The van der Waals surface area contributed by atoms with Gasteiger partial charge in [-0.25, -0.2) is 13.2 Å². The summed E-state index contributed by atoms with van der Waals surface area (Å²) in [5.74, 6) is -1.03. The van der Waals surface area contributed by atoms with E-state index in [1.807, 2.05) is 0 Å². The van der Waals surface area contributed by atoms with Crippen LogP contribution in [0.2, 0.25) is 0 Å². The number of carboxylic acids is 1. The monoisotopic (exact) mass is 270 g/mol. The third kappa shape index (κ3) is 4.14. The quantitative estimate of drug-likeness (QED) is 0.773. The van der Waals surface area contributed by atoms with Crippen LogP contribution in [0.25, 0.3) is 0 Å². The van der Waals surface area contributed by atoms with Gasteiger partial charge in [0.1, 0.15) is 0 Å². The second kappa shape index (κ2) is 6.54. The molecule has 0 bridgehead atoms. The molecule has 0 heterocycles. The molecule has 0 atom stereocenters. The van der Waals surface area contributed by atoms with Gasteiger partial charge in [0.25, 0.3) is 0 Å². The van der Waals surface area contributed by atoms with Crippen molar-refractivity contribution in [3.63, 3.8) is 0 Å². The molecule has 4 nitrogen and oxygen atoms in total. The molecule has 0 amide bonds. The van der Waals surface area contributed by atoms with Crippen LogP contribution >= 0.6 is 0 Å². The number of hydrogen-bond donors (Lipinski definition) is 1. The second-order valence-corrected chi connectivity index (χ2v) is 6.32. The lowest BCUT2D eigenvalue weighted by Crippen LogP contribution is -2.08. The molecule has 1 rings (SSSR count). The van der Waals surface area contributed by atoms with Crippen LogP contribution in [0.1, 0.15) is 43.0 Å². The van der Waals surface area contributed by atoms with Gasteiger partial charge >= 0.3 is 5.97 Å². The Bertz CT molecular complexity index is 505. The first kappa shape index (κ1) is 14.7. The van der Waals surface area contributed by atoms with Crippen LogP contribution in [0.5, 0.6) is 0 Å². The van der Waals surface area contributed by atoms with Crippen LogP contribution in [0.4, 0.5) is 0 Å². The van der Waals surface area contributed by atoms with E-state index >= 15 is 0 Å². The first-order chi connectivity index (χ1) is 8.47. The molecular formula is C13H18O4S. The summed E-state index contributed by atoms with van der Waals surface area (Å²) in [5, 5.41) is 8.83. The summed E-state index contributed by atoms with van der Waals surface area (Å²) >= 11 is 0. The largest absolute Gasteiger partial charge is 0.478 e. The molecule has 1 aromatic carbocycles. The average molecular weight is 270 g/mol. The Kier molecular flexibility index (Phi) is 5.34. The van der Waals surface area contributed by atoms with Gasteiger partial charge in [-0.3, -0.25) is 0 Å². The standard InChI is InChI=1S/C13H18O4S/c1-2-3-4-5-9-18(16,17)12-8-6-7-11(10-12)13(14)15/h6-8,10H,2-5,9H2,1H3,(H,14,15). The lowest BCUT2D eigenvalue weighted by atomic mass is 10.2. The lowest BCUT2D eigenvalue weighted by molar-refractivity contribution is 0.0696. The van der Waals surface area contributed by atoms with Crippen LogP contribution in [0.15, 0.2) is 29.2 Å². The molecule has 0 spiro atoms. The fourth-order valence-electron chi connectivity index (χ4n) is 1.66. The van der Waals surface area contributed by atoms with Crippen LogP contribution in [-0.4, -0.2) is 25.2 Å². The van der Waals surface area contributed by atoms with Gasteiger partial charge in [-0.15, -0.1) is 0 Å². The van der Waals surface area contributed by atoms with E-state index in [4.69, 9.17) is 5.11 Å². The van der Waals surface area contributed by atoms with Gasteiger partial charge in [-0.1, -0.05) is 32.3 Å². The molecule has 0 radical (unpaired) electrons. The van der Waals surface area contributed by atoms with E-state index in [9.17, 15) is 13.2 Å². The Morgan fingerprint density at radius 3 is 2.56 bits per heavy atom. The smallest absolute Gasteiger partial charge is 0.335 e. The van der Waals surface area contributed by atoms with E-state index in [0.717, 1.165) is 19.3 Å². The third-order valence-electron chi connectivity index (χ3n) is 2.71. The molecule has 100 valence electrons. The van der Waals surface area contributed by atoms with Gasteiger partial charge in [-0.2, -0.15) is 0 Å². The molecule has 0 aliphatic heterocycles. The summed E-state index contributed by atoms with van der Waals surface area (Å²) in [6.07, 6.45) is 3.57. The highest BCUT2D eigenvalue weighted by atomic mass is 32.2. The minimum absolute atomic E-state index is 0.00429. The van der Waals surface area contributed by atoms with E-state index in [1.165, 1.54) is 24.3 Å². The topological polar surface area (TPSA) is 71.4 Å². The fraction of sp³-hybridized carbons (Fsp3) is 0.462. The van der Waals surface area contributed by atoms with Crippen LogP contribution in [0, 0.1) is 0 Å². The van der Waals surface area contributed by atoms with Crippen molar-refractivity contribution in [1.29, 1.82) is 0 Å². The van der Waals surface area contributed by atoms with E-state index in [-0.39, 0.29) is 16.2 Å². The summed E-state index contributed by atoms with van der Waals surface area (Å²) in [4.78, 5) is 10.9. The SMILES string of the molecule is CCCCCCS(=O)(=O)c1cccc(C(=O)O)c1. The molecule has 0 aromatic heterocycles. The van der Waals surface area contributed by atoms with Crippen molar-refractivity contribution >= 4 is 15.8 Å². The molecule has 0 aliphatic carbocycles. The highest BCUT2D eigenvalue weighted by Gasteiger charge is 2.15.